The summed E-state index contributed by atoms with van der Waals surface area (Å²) in [5.74, 6) is 0.694. The molecule has 0 saturated carbocycles. The summed E-state index contributed by atoms with van der Waals surface area (Å²) < 4.78 is 2.04. The van der Waals surface area contributed by atoms with E-state index in [0.29, 0.717) is 6.54 Å². The lowest BCUT2D eigenvalue weighted by Gasteiger charge is -2.05. The molecule has 23 heavy (non-hydrogen) atoms. The Morgan fingerprint density at radius 1 is 1.26 bits per heavy atom. The van der Waals surface area contributed by atoms with Crippen LogP contribution in [0.25, 0.3) is 11.7 Å². The van der Waals surface area contributed by atoms with Crippen molar-refractivity contribution in [1.29, 1.82) is 0 Å². The van der Waals surface area contributed by atoms with Gasteiger partial charge in [0.25, 0.3) is 0 Å². The number of amides is 1. The Balaban J connectivity index is 1.45. The van der Waals surface area contributed by atoms with Crippen molar-refractivity contribution in [1.82, 2.24) is 19.7 Å². The van der Waals surface area contributed by atoms with E-state index in [9.17, 15) is 4.79 Å². The summed E-state index contributed by atoms with van der Waals surface area (Å²) in [6.07, 6.45) is 10.4. The summed E-state index contributed by atoms with van der Waals surface area (Å²) in [4.78, 5) is 20.0. The number of hydrogen-bond donors (Lipinski definition) is 1. The molecule has 0 radical (unpaired) electrons. The van der Waals surface area contributed by atoms with Crippen molar-refractivity contribution in [3.05, 3.63) is 66.8 Å². The van der Waals surface area contributed by atoms with Crippen LogP contribution < -0.4 is 5.32 Å². The molecule has 5 nitrogen and oxygen atoms in total. The Morgan fingerprint density at radius 2 is 2.22 bits per heavy atom. The van der Waals surface area contributed by atoms with E-state index in [4.69, 9.17) is 0 Å². The highest BCUT2D eigenvalue weighted by molar-refractivity contribution is 7.99. The number of carbonyl (C=O) groups is 1. The van der Waals surface area contributed by atoms with Gasteiger partial charge in [0.05, 0.1) is 5.03 Å². The van der Waals surface area contributed by atoms with Crippen molar-refractivity contribution in [3.63, 3.8) is 0 Å². The van der Waals surface area contributed by atoms with E-state index < -0.39 is 0 Å². The molecule has 3 rings (SSSR count). The van der Waals surface area contributed by atoms with Gasteiger partial charge in [0.15, 0.2) is 0 Å². The normalized spacial score (nSPS) is 11.1. The maximum absolute atomic E-state index is 11.8. The summed E-state index contributed by atoms with van der Waals surface area (Å²) >= 11 is 1.69. The Morgan fingerprint density at radius 3 is 3.09 bits per heavy atom. The molecule has 0 fully saturated rings. The third kappa shape index (κ3) is 4.20. The second-order valence-corrected chi connectivity index (χ2v) is 5.89. The molecule has 3 aromatic heterocycles. The van der Waals surface area contributed by atoms with Crippen molar-refractivity contribution >= 4 is 29.4 Å². The predicted octanol–water partition coefficient (Wildman–Crippen LogP) is 2.65. The number of fused-ring (bicyclic) bond motifs is 1. The zero-order valence-electron chi connectivity index (χ0n) is 12.4. The summed E-state index contributed by atoms with van der Waals surface area (Å²) in [6, 6.07) is 9.74. The summed E-state index contributed by atoms with van der Waals surface area (Å²) in [7, 11) is 0. The van der Waals surface area contributed by atoms with E-state index in [1.807, 2.05) is 40.9 Å². The van der Waals surface area contributed by atoms with Gasteiger partial charge in [-0.2, -0.15) is 0 Å². The summed E-state index contributed by atoms with van der Waals surface area (Å²) in [5.41, 5.74) is 1.84. The maximum atomic E-state index is 11.8. The monoisotopic (exact) mass is 324 g/mol. The summed E-state index contributed by atoms with van der Waals surface area (Å²) in [6.45, 7) is 0.603. The largest absolute Gasteiger partial charge is 0.352 e. The molecule has 0 atom stereocenters. The molecule has 0 spiro atoms. The quantitative estimate of drug-likeness (QED) is 0.430. The molecular weight excluding hydrogens is 308 g/mol. The number of aromatic nitrogens is 3. The van der Waals surface area contributed by atoms with Gasteiger partial charge in [-0.25, -0.2) is 4.98 Å². The second kappa shape index (κ2) is 7.60. The third-order valence-electron chi connectivity index (χ3n) is 3.15. The van der Waals surface area contributed by atoms with E-state index in [0.717, 1.165) is 22.0 Å². The molecule has 0 aliphatic rings. The van der Waals surface area contributed by atoms with Gasteiger partial charge in [-0.1, -0.05) is 12.1 Å². The average Bonchev–Trinajstić information content (AvgIpc) is 3.07. The van der Waals surface area contributed by atoms with Crippen LogP contribution in [0.1, 0.15) is 5.56 Å². The van der Waals surface area contributed by atoms with Crippen LogP contribution >= 0.6 is 11.8 Å². The fraction of sp³-hybridized carbons (Fsp3) is 0.118. The smallest absolute Gasteiger partial charge is 0.244 e. The number of thioether (sulfide) groups is 1. The maximum Gasteiger partial charge on any atom is 0.244 e. The molecular formula is C17H16N4OS. The Kier molecular flexibility index (Phi) is 5.06. The predicted molar refractivity (Wildman–Crippen MR) is 92.2 cm³/mol. The Hall–Kier alpha value is -2.60. The van der Waals surface area contributed by atoms with Gasteiger partial charge in [-0.15, -0.1) is 11.8 Å². The molecule has 0 aliphatic carbocycles. The van der Waals surface area contributed by atoms with Crippen molar-refractivity contribution in [2.24, 2.45) is 0 Å². The van der Waals surface area contributed by atoms with Crippen LogP contribution in [0.3, 0.4) is 0 Å². The highest BCUT2D eigenvalue weighted by atomic mass is 32.2. The first-order valence-electron chi connectivity index (χ1n) is 7.24. The third-order valence-corrected chi connectivity index (χ3v) is 4.19. The molecule has 3 aromatic rings. The number of nitrogens with zero attached hydrogens (tertiary/aromatic N) is 3. The minimum absolute atomic E-state index is 0.102. The van der Waals surface area contributed by atoms with E-state index in [2.05, 4.69) is 15.3 Å². The second-order valence-electron chi connectivity index (χ2n) is 4.78. The van der Waals surface area contributed by atoms with E-state index in [1.165, 1.54) is 6.08 Å². The Labute approximate surface area is 138 Å². The van der Waals surface area contributed by atoms with Crippen molar-refractivity contribution in [2.45, 2.75) is 5.03 Å². The number of hydrogen-bond acceptors (Lipinski definition) is 4. The van der Waals surface area contributed by atoms with E-state index in [1.54, 1.807) is 36.4 Å². The lowest BCUT2D eigenvalue weighted by molar-refractivity contribution is -0.116. The van der Waals surface area contributed by atoms with Gasteiger partial charge in [0.1, 0.15) is 5.65 Å². The molecule has 0 aromatic carbocycles. The first-order valence-corrected chi connectivity index (χ1v) is 8.22. The van der Waals surface area contributed by atoms with Crippen LogP contribution in [-0.2, 0) is 4.79 Å². The molecule has 0 unspecified atom stereocenters. The molecule has 6 heteroatoms. The molecule has 0 aliphatic heterocycles. The van der Waals surface area contributed by atoms with Crippen LogP contribution in [0.15, 0.2) is 66.2 Å². The van der Waals surface area contributed by atoms with Gasteiger partial charge in [-0.05, 0) is 29.8 Å². The summed E-state index contributed by atoms with van der Waals surface area (Å²) in [5, 5.41) is 3.98. The van der Waals surface area contributed by atoms with E-state index in [-0.39, 0.29) is 5.91 Å². The number of nitrogens with one attached hydrogen (secondary N) is 1. The zero-order chi connectivity index (χ0) is 15.9. The first kappa shape index (κ1) is 15.3. The van der Waals surface area contributed by atoms with Crippen LogP contribution in [0.2, 0.25) is 0 Å². The highest BCUT2D eigenvalue weighted by Crippen LogP contribution is 2.18. The first-order chi connectivity index (χ1) is 11.3. The topological polar surface area (TPSA) is 59.3 Å². The molecule has 3 heterocycles. The number of rotatable bonds is 6. The lowest BCUT2D eigenvalue weighted by atomic mass is 10.2. The number of carbonyl (C=O) groups excluding carboxylic acids is 1. The van der Waals surface area contributed by atoms with Crippen LogP contribution in [0, 0.1) is 0 Å². The van der Waals surface area contributed by atoms with Crippen LogP contribution in [-0.4, -0.2) is 32.6 Å². The highest BCUT2D eigenvalue weighted by Gasteiger charge is 2.01. The van der Waals surface area contributed by atoms with E-state index >= 15 is 0 Å². The van der Waals surface area contributed by atoms with Crippen molar-refractivity contribution in [3.8, 4) is 0 Å². The fourth-order valence-corrected chi connectivity index (χ4v) is 2.96. The van der Waals surface area contributed by atoms with Crippen molar-refractivity contribution < 1.29 is 4.79 Å². The van der Waals surface area contributed by atoms with Crippen molar-refractivity contribution in [2.75, 3.05) is 12.3 Å². The van der Waals surface area contributed by atoms with Gasteiger partial charge in [-0.3, -0.25) is 14.2 Å². The fourth-order valence-electron chi connectivity index (χ4n) is 2.07. The number of pyridine rings is 2. The van der Waals surface area contributed by atoms with Gasteiger partial charge < -0.3 is 5.32 Å². The standard InChI is InChI=1S/C17H16N4OS/c22-16(7-6-14-3-2-8-18-13-14)20-10-12-23-17-5-1-4-15-19-9-11-21(15)17/h1-9,11,13H,10,12H2,(H,20,22). The van der Waals surface area contributed by atoms with Gasteiger partial charge in [0, 0.05) is 43.2 Å². The number of imidazole rings is 1. The minimum Gasteiger partial charge on any atom is -0.352 e. The van der Waals surface area contributed by atoms with Gasteiger partial charge >= 0.3 is 0 Å². The Bertz CT molecular complexity index is 814. The molecule has 0 bridgehead atoms. The molecule has 1 amide bonds. The SMILES string of the molecule is O=C(C=Cc1cccnc1)NCCSc1cccc2nccn12. The molecule has 1 N–H and O–H groups in total. The minimum atomic E-state index is -0.102. The van der Waals surface area contributed by atoms with Crippen LogP contribution in [0.4, 0.5) is 0 Å². The molecule has 116 valence electrons. The average molecular weight is 324 g/mol. The van der Waals surface area contributed by atoms with Crippen LogP contribution in [0.5, 0.6) is 0 Å². The van der Waals surface area contributed by atoms with Gasteiger partial charge in [0.2, 0.25) is 5.91 Å². The lowest BCUT2D eigenvalue weighted by Crippen LogP contribution is -2.23. The zero-order valence-corrected chi connectivity index (χ0v) is 13.2. The molecule has 0 saturated heterocycles.